The average Bonchev–Trinajstić information content (AvgIpc) is 2.96. The Labute approximate surface area is 254 Å². The zero-order chi connectivity index (χ0) is 31.9. The molecule has 4 aromatic rings. The minimum atomic E-state index is -3.55. The van der Waals surface area contributed by atoms with E-state index in [1.165, 1.54) is 24.3 Å². The van der Waals surface area contributed by atoms with Gasteiger partial charge in [0.1, 0.15) is 23.1 Å². The summed E-state index contributed by atoms with van der Waals surface area (Å²) in [7, 11) is -3.55. The normalized spacial score (nSPS) is 11.1. The van der Waals surface area contributed by atoms with Crippen molar-refractivity contribution in [1.82, 2.24) is 0 Å². The van der Waals surface area contributed by atoms with Gasteiger partial charge in [0, 0.05) is 36.5 Å². The van der Waals surface area contributed by atoms with Crippen molar-refractivity contribution in [3.8, 4) is 17.2 Å². The van der Waals surface area contributed by atoms with Crippen LogP contribution in [-0.2, 0) is 32.6 Å². The van der Waals surface area contributed by atoms with Gasteiger partial charge in [-0.25, -0.2) is 26.4 Å². The predicted octanol–water partition coefficient (Wildman–Crippen LogP) is 6.72. The van der Waals surface area contributed by atoms with Gasteiger partial charge in [0.05, 0.1) is 18.6 Å². The Morgan fingerprint density at radius 1 is 0.886 bits per heavy atom. The number of anilines is 2. The Morgan fingerprint density at radius 2 is 1.61 bits per heavy atom. The fourth-order valence-corrected chi connectivity index (χ4v) is 5.00. The monoisotopic (exact) mass is 628 g/mol. The van der Waals surface area contributed by atoms with Crippen LogP contribution in [-0.4, -0.2) is 33.9 Å². The fraction of sp³-hybridized carbons (Fsp3) is 0.219. The van der Waals surface area contributed by atoms with Crippen molar-refractivity contribution < 1.29 is 40.6 Å². The summed E-state index contributed by atoms with van der Waals surface area (Å²) in [6, 6.07) is 19.3. The summed E-state index contributed by atoms with van der Waals surface area (Å²) < 4.78 is 84.6. The van der Waals surface area contributed by atoms with Crippen LogP contribution in [0.1, 0.15) is 23.6 Å². The third-order valence-electron chi connectivity index (χ3n) is 6.40. The number of carbonyl (C=O) groups is 1. The van der Waals surface area contributed by atoms with Crippen LogP contribution in [0.2, 0.25) is 0 Å². The summed E-state index contributed by atoms with van der Waals surface area (Å²) in [5.74, 6) is -2.15. The number of hydrogen-bond acceptors (Lipinski definition) is 7. The van der Waals surface area contributed by atoms with Gasteiger partial charge in [0.2, 0.25) is 10.0 Å². The molecule has 8 nitrogen and oxygen atoms in total. The van der Waals surface area contributed by atoms with Gasteiger partial charge >= 0.3 is 5.97 Å². The van der Waals surface area contributed by atoms with E-state index in [0.29, 0.717) is 22.7 Å². The van der Waals surface area contributed by atoms with Crippen LogP contribution in [0.4, 0.5) is 24.5 Å². The van der Waals surface area contributed by atoms with Crippen LogP contribution in [0.15, 0.2) is 78.9 Å². The van der Waals surface area contributed by atoms with E-state index in [-0.39, 0.29) is 36.8 Å². The lowest BCUT2D eigenvalue weighted by atomic mass is 10.1. The third-order valence-corrected chi connectivity index (χ3v) is 6.99. The topological polar surface area (TPSA) is 94.2 Å². The second-order valence-electron chi connectivity index (χ2n) is 9.85. The fourth-order valence-electron chi connectivity index (χ4n) is 4.37. The van der Waals surface area contributed by atoms with Crippen molar-refractivity contribution in [2.75, 3.05) is 29.1 Å². The van der Waals surface area contributed by atoms with Gasteiger partial charge in [-0.2, -0.15) is 0 Å². The van der Waals surface area contributed by atoms with E-state index in [0.717, 1.165) is 24.0 Å². The molecule has 0 saturated carbocycles. The first kappa shape index (κ1) is 32.2. The molecule has 232 valence electrons. The molecular weight excluding hydrogens is 597 g/mol. The van der Waals surface area contributed by atoms with Crippen LogP contribution < -0.4 is 19.1 Å². The number of rotatable bonds is 13. The number of halogens is 3. The van der Waals surface area contributed by atoms with E-state index in [1.807, 2.05) is 4.90 Å². The average molecular weight is 629 g/mol. The minimum absolute atomic E-state index is 0.0672. The van der Waals surface area contributed by atoms with Crippen molar-refractivity contribution in [2.24, 2.45) is 0 Å². The molecule has 4 aromatic carbocycles. The Morgan fingerprint density at radius 3 is 2.30 bits per heavy atom. The number of esters is 1. The minimum Gasteiger partial charge on any atom is -0.479 e. The second kappa shape index (κ2) is 14.2. The number of benzene rings is 4. The molecule has 0 aliphatic carbocycles. The van der Waals surface area contributed by atoms with E-state index in [9.17, 15) is 26.4 Å². The highest BCUT2D eigenvalue weighted by atomic mass is 32.2. The van der Waals surface area contributed by atoms with Gasteiger partial charge in [0.25, 0.3) is 0 Å². The Balaban J connectivity index is 1.56. The standard InChI is InChI=1S/C32H31F3N2O6S/c1-4-41-32(38)20-42-31-17-26(14-15-27(31)34)43-25-12-8-22(9-13-25)18-37(19-23-10-11-24(33)16-28(23)35)30-7-5-6-29(21(30)2)36-44(3,39)40/h5-17,36H,4,18-20H2,1-3H3. The lowest BCUT2D eigenvalue weighted by Gasteiger charge is -2.28. The number of sulfonamides is 1. The molecule has 0 radical (unpaired) electrons. The molecule has 0 aliphatic heterocycles. The largest absolute Gasteiger partial charge is 0.479 e. The van der Waals surface area contributed by atoms with Crippen molar-refractivity contribution in [2.45, 2.75) is 26.9 Å². The van der Waals surface area contributed by atoms with Crippen LogP contribution in [0.5, 0.6) is 17.2 Å². The third kappa shape index (κ3) is 8.90. The molecule has 0 spiro atoms. The van der Waals surface area contributed by atoms with Crippen LogP contribution in [0.3, 0.4) is 0 Å². The Hall–Kier alpha value is -4.71. The maximum Gasteiger partial charge on any atom is 0.344 e. The molecule has 12 heteroatoms. The van der Waals surface area contributed by atoms with Gasteiger partial charge in [-0.15, -0.1) is 0 Å². The molecule has 4 rings (SSSR count). The first-order chi connectivity index (χ1) is 20.9. The highest BCUT2D eigenvalue weighted by Crippen LogP contribution is 2.32. The van der Waals surface area contributed by atoms with Crippen LogP contribution in [0.25, 0.3) is 0 Å². The van der Waals surface area contributed by atoms with Gasteiger partial charge in [0.15, 0.2) is 18.2 Å². The number of nitrogens with one attached hydrogen (secondary N) is 1. The smallest absolute Gasteiger partial charge is 0.344 e. The first-order valence-electron chi connectivity index (χ1n) is 13.5. The maximum absolute atomic E-state index is 14.7. The molecule has 0 atom stereocenters. The van der Waals surface area contributed by atoms with Gasteiger partial charge in [-0.1, -0.05) is 24.3 Å². The molecule has 44 heavy (non-hydrogen) atoms. The lowest BCUT2D eigenvalue weighted by molar-refractivity contribution is -0.145. The molecular formula is C32H31F3N2O6S. The zero-order valence-corrected chi connectivity index (χ0v) is 25.1. The second-order valence-corrected chi connectivity index (χ2v) is 11.6. The molecule has 1 N–H and O–H groups in total. The van der Waals surface area contributed by atoms with Gasteiger partial charge < -0.3 is 19.1 Å². The van der Waals surface area contributed by atoms with Crippen molar-refractivity contribution >= 4 is 27.4 Å². The van der Waals surface area contributed by atoms with Gasteiger partial charge in [-0.3, -0.25) is 4.72 Å². The van der Waals surface area contributed by atoms with E-state index in [4.69, 9.17) is 14.2 Å². The van der Waals surface area contributed by atoms with E-state index < -0.39 is 40.1 Å². The van der Waals surface area contributed by atoms with Crippen molar-refractivity contribution in [1.29, 1.82) is 0 Å². The predicted molar refractivity (Wildman–Crippen MR) is 161 cm³/mol. The number of hydrogen-bond donors (Lipinski definition) is 1. The number of carbonyl (C=O) groups excluding carboxylic acids is 1. The first-order valence-corrected chi connectivity index (χ1v) is 15.4. The summed E-state index contributed by atoms with van der Waals surface area (Å²) in [6.07, 6.45) is 1.05. The summed E-state index contributed by atoms with van der Waals surface area (Å²) in [5.41, 5.74) is 2.70. The molecule has 0 aromatic heterocycles. The van der Waals surface area contributed by atoms with Crippen LogP contribution >= 0.6 is 0 Å². The molecule has 0 saturated heterocycles. The van der Waals surface area contributed by atoms with E-state index in [1.54, 1.807) is 56.3 Å². The summed E-state index contributed by atoms with van der Waals surface area (Å²) >= 11 is 0. The molecule has 0 unspecified atom stereocenters. The Bertz CT molecular complexity index is 1730. The quantitative estimate of drug-likeness (QED) is 0.164. The van der Waals surface area contributed by atoms with E-state index in [2.05, 4.69) is 4.72 Å². The zero-order valence-electron chi connectivity index (χ0n) is 24.3. The highest BCUT2D eigenvalue weighted by molar-refractivity contribution is 7.92. The molecule has 0 heterocycles. The van der Waals surface area contributed by atoms with E-state index >= 15 is 0 Å². The number of nitrogens with zero attached hydrogens (tertiary/aromatic N) is 1. The molecule has 0 aliphatic rings. The van der Waals surface area contributed by atoms with Crippen molar-refractivity contribution in [3.05, 3.63) is 113 Å². The molecule has 0 bridgehead atoms. The van der Waals surface area contributed by atoms with Crippen LogP contribution in [0, 0.1) is 24.4 Å². The summed E-state index contributed by atoms with van der Waals surface area (Å²) in [4.78, 5) is 13.4. The summed E-state index contributed by atoms with van der Waals surface area (Å²) in [5, 5.41) is 0. The molecule has 0 amide bonds. The molecule has 0 fully saturated rings. The van der Waals surface area contributed by atoms with Crippen molar-refractivity contribution in [3.63, 3.8) is 0 Å². The summed E-state index contributed by atoms with van der Waals surface area (Å²) in [6.45, 7) is 3.48. The SMILES string of the molecule is CCOC(=O)COc1cc(Oc2ccc(CN(Cc3ccc(F)cc3F)c3cccc(NS(C)(=O)=O)c3C)cc2)ccc1F. The van der Waals surface area contributed by atoms with Gasteiger partial charge in [-0.05, 0) is 67.4 Å². The maximum atomic E-state index is 14.7. The number of ether oxygens (including phenoxy) is 3. The Kier molecular flexibility index (Phi) is 10.4. The highest BCUT2D eigenvalue weighted by Gasteiger charge is 2.17. The lowest BCUT2D eigenvalue weighted by Crippen LogP contribution is -2.24.